The topological polar surface area (TPSA) is 70.8 Å². The van der Waals surface area contributed by atoms with Crippen LogP contribution in [0.25, 0.3) is 11.0 Å². The molecule has 144 valence electrons. The van der Waals surface area contributed by atoms with Gasteiger partial charge in [0.1, 0.15) is 5.58 Å². The highest BCUT2D eigenvalue weighted by atomic mass is 16.3. The number of carbonyl (C=O) groups excluding carboxylic acids is 1. The van der Waals surface area contributed by atoms with Crippen molar-refractivity contribution >= 4 is 16.9 Å². The fourth-order valence-electron chi connectivity index (χ4n) is 3.88. The van der Waals surface area contributed by atoms with E-state index < -0.39 is 6.04 Å². The molecule has 2 aromatic carbocycles. The molecule has 1 N–H and O–H groups in total. The van der Waals surface area contributed by atoms with Gasteiger partial charge in [0.05, 0.1) is 23.6 Å². The molecule has 2 heterocycles. The van der Waals surface area contributed by atoms with Crippen molar-refractivity contribution in [2.24, 2.45) is 0 Å². The summed E-state index contributed by atoms with van der Waals surface area (Å²) >= 11 is 0. The second-order valence-electron chi connectivity index (χ2n) is 7.62. The van der Waals surface area contributed by atoms with E-state index in [1.165, 1.54) is 10.5 Å². The van der Waals surface area contributed by atoms with E-state index in [0.717, 1.165) is 11.1 Å². The highest BCUT2D eigenvalue weighted by Gasteiger charge is 2.42. The van der Waals surface area contributed by atoms with Gasteiger partial charge in [-0.15, -0.1) is 0 Å². The summed E-state index contributed by atoms with van der Waals surface area (Å²) in [6.45, 7) is 6.09. The quantitative estimate of drug-likeness (QED) is 0.751. The summed E-state index contributed by atoms with van der Waals surface area (Å²) in [6.07, 6.45) is 0. The third-order valence-corrected chi connectivity index (χ3v) is 5.38. The first-order valence-electron chi connectivity index (χ1n) is 9.51. The van der Waals surface area contributed by atoms with Crippen LogP contribution in [-0.4, -0.2) is 29.1 Å². The summed E-state index contributed by atoms with van der Waals surface area (Å²) in [4.78, 5) is 27.8. The molecule has 0 radical (unpaired) electrons. The van der Waals surface area contributed by atoms with Crippen LogP contribution in [0.15, 0.2) is 51.7 Å². The average molecular weight is 377 g/mol. The van der Waals surface area contributed by atoms with Gasteiger partial charge in [-0.3, -0.25) is 9.59 Å². The van der Waals surface area contributed by atoms with Crippen LogP contribution in [0.3, 0.4) is 0 Å². The Labute approximate surface area is 163 Å². The summed E-state index contributed by atoms with van der Waals surface area (Å²) < 4.78 is 5.87. The molecule has 0 saturated heterocycles. The van der Waals surface area contributed by atoms with E-state index in [9.17, 15) is 14.7 Å². The number of fused-ring (bicyclic) bond motifs is 2. The predicted molar refractivity (Wildman–Crippen MR) is 108 cm³/mol. The van der Waals surface area contributed by atoms with Crippen molar-refractivity contribution in [3.05, 3.63) is 80.7 Å². The Bertz CT molecular complexity index is 1110. The summed E-state index contributed by atoms with van der Waals surface area (Å²) in [6, 6.07) is 12.8. The number of hydrogen-bond donors (Lipinski definition) is 1. The lowest BCUT2D eigenvalue weighted by molar-refractivity contribution is 0.0691. The number of aliphatic hydroxyl groups is 1. The highest BCUT2D eigenvalue weighted by Crippen LogP contribution is 2.38. The minimum atomic E-state index is -0.558. The second-order valence-corrected chi connectivity index (χ2v) is 7.62. The van der Waals surface area contributed by atoms with Crippen LogP contribution < -0.4 is 5.43 Å². The molecular formula is C23H23NO4. The molecule has 0 saturated carbocycles. The van der Waals surface area contributed by atoms with E-state index in [-0.39, 0.29) is 30.2 Å². The smallest absolute Gasteiger partial charge is 0.290 e. The molecule has 28 heavy (non-hydrogen) atoms. The molecule has 1 aliphatic heterocycles. The van der Waals surface area contributed by atoms with Crippen LogP contribution in [-0.2, 0) is 0 Å². The number of rotatable bonds is 4. The van der Waals surface area contributed by atoms with Crippen LogP contribution in [0.5, 0.6) is 0 Å². The van der Waals surface area contributed by atoms with Gasteiger partial charge >= 0.3 is 0 Å². The maximum absolute atomic E-state index is 13.3. The lowest BCUT2D eigenvalue weighted by Crippen LogP contribution is -2.32. The zero-order chi connectivity index (χ0) is 20.0. The van der Waals surface area contributed by atoms with Crippen molar-refractivity contribution in [1.82, 2.24) is 4.90 Å². The number of aliphatic hydroxyl groups excluding tert-OH is 1. The Hall–Kier alpha value is -2.92. The number of hydrogen-bond acceptors (Lipinski definition) is 4. The first kappa shape index (κ1) is 18.4. The van der Waals surface area contributed by atoms with E-state index in [4.69, 9.17) is 4.42 Å². The van der Waals surface area contributed by atoms with Crippen LogP contribution >= 0.6 is 0 Å². The number of benzene rings is 2. The highest BCUT2D eigenvalue weighted by molar-refractivity contribution is 5.99. The summed E-state index contributed by atoms with van der Waals surface area (Å²) in [5.41, 5.74) is 3.55. The van der Waals surface area contributed by atoms with Crippen LogP contribution in [0.1, 0.15) is 58.6 Å². The Balaban J connectivity index is 1.95. The van der Waals surface area contributed by atoms with Crippen molar-refractivity contribution in [3.63, 3.8) is 0 Å². The van der Waals surface area contributed by atoms with Crippen molar-refractivity contribution in [1.29, 1.82) is 0 Å². The molecule has 1 aliphatic rings. The number of carbonyl (C=O) groups is 1. The number of nitrogens with zero attached hydrogens (tertiary/aromatic N) is 1. The van der Waals surface area contributed by atoms with Gasteiger partial charge in [0.25, 0.3) is 5.91 Å². The van der Waals surface area contributed by atoms with Crippen LogP contribution in [0, 0.1) is 6.92 Å². The molecule has 1 amide bonds. The van der Waals surface area contributed by atoms with E-state index in [1.54, 1.807) is 12.1 Å². The molecule has 4 rings (SSSR count). The standard InChI is InChI=1S/C23H23NO4/c1-13(2)15-5-7-16(8-6-15)20-19-21(26)17-12-14(3)4-9-18(17)28-22(19)23(27)24(20)10-11-25/h4-9,12-13,20,25H,10-11H2,1-3H3. The normalized spacial score (nSPS) is 16.2. The average Bonchev–Trinajstić information content (AvgIpc) is 2.95. The fraction of sp³-hybridized carbons (Fsp3) is 0.304. The molecule has 5 nitrogen and oxygen atoms in total. The Morgan fingerprint density at radius 2 is 1.82 bits per heavy atom. The molecule has 0 spiro atoms. The monoisotopic (exact) mass is 377 g/mol. The van der Waals surface area contributed by atoms with Crippen molar-refractivity contribution < 1.29 is 14.3 Å². The van der Waals surface area contributed by atoms with E-state index in [1.807, 2.05) is 37.3 Å². The maximum Gasteiger partial charge on any atom is 0.290 e. The second kappa shape index (κ2) is 6.91. The number of β-amino-alcohol motifs (C(OH)–C–C–N with tert-alkyl or cyclic N) is 1. The molecule has 5 heteroatoms. The minimum Gasteiger partial charge on any atom is -0.450 e. The van der Waals surface area contributed by atoms with Gasteiger partial charge < -0.3 is 14.4 Å². The van der Waals surface area contributed by atoms with Crippen LogP contribution in [0.4, 0.5) is 0 Å². The SMILES string of the molecule is Cc1ccc2oc3c(c(=O)c2c1)C(c1ccc(C(C)C)cc1)N(CCO)C3=O. The van der Waals surface area contributed by atoms with Gasteiger partial charge in [-0.2, -0.15) is 0 Å². The van der Waals surface area contributed by atoms with Crippen LogP contribution in [0.2, 0.25) is 0 Å². The number of aryl methyl sites for hydroxylation is 1. The van der Waals surface area contributed by atoms with Crippen molar-refractivity contribution in [2.45, 2.75) is 32.7 Å². The third kappa shape index (κ3) is 2.83. The zero-order valence-corrected chi connectivity index (χ0v) is 16.2. The molecule has 1 atom stereocenters. The lowest BCUT2D eigenvalue weighted by Gasteiger charge is -2.24. The molecule has 0 aliphatic carbocycles. The molecule has 0 bridgehead atoms. The van der Waals surface area contributed by atoms with Gasteiger partial charge in [0.15, 0.2) is 5.43 Å². The molecule has 1 aromatic heterocycles. The van der Waals surface area contributed by atoms with Gasteiger partial charge in [-0.1, -0.05) is 49.7 Å². The minimum absolute atomic E-state index is 0.0766. The fourth-order valence-corrected chi connectivity index (χ4v) is 3.88. The van der Waals surface area contributed by atoms with E-state index >= 15 is 0 Å². The number of amides is 1. The van der Waals surface area contributed by atoms with E-state index in [2.05, 4.69) is 13.8 Å². The van der Waals surface area contributed by atoms with Gasteiger partial charge in [0, 0.05) is 6.54 Å². The summed E-state index contributed by atoms with van der Waals surface area (Å²) in [5.74, 6) is 0.103. The van der Waals surface area contributed by atoms with Gasteiger partial charge in [-0.05, 0) is 36.1 Å². The Morgan fingerprint density at radius 1 is 1.11 bits per heavy atom. The largest absolute Gasteiger partial charge is 0.450 e. The predicted octanol–water partition coefficient (Wildman–Crippen LogP) is 3.76. The summed E-state index contributed by atoms with van der Waals surface area (Å²) in [7, 11) is 0. The maximum atomic E-state index is 13.3. The van der Waals surface area contributed by atoms with Crippen molar-refractivity contribution in [2.75, 3.05) is 13.2 Å². The lowest BCUT2D eigenvalue weighted by atomic mass is 9.95. The van der Waals surface area contributed by atoms with Gasteiger partial charge in [0.2, 0.25) is 5.76 Å². The van der Waals surface area contributed by atoms with Crippen molar-refractivity contribution in [3.8, 4) is 0 Å². The first-order valence-corrected chi connectivity index (χ1v) is 9.51. The third-order valence-electron chi connectivity index (χ3n) is 5.38. The summed E-state index contributed by atoms with van der Waals surface area (Å²) in [5, 5.41) is 9.97. The molecule has 0 fully saturated rings. The molecule has 3 aromatic rings. The van der Waals surface area contributed by atoms with E-state index in [0.29, 0.717) is 22.5 Å². The Morgan fingerprint density at radius 3 is 2.46 bits per heavy atom. The van der Waals surface area contributed by atoms with Gasteiger partial charge in [-0.25, -0.2) is 0 Å². The molecular weight excluding hydrogens is 354 g/mol. The zero-order valence-electron chi connectivity index (χ0n) is 16.2. The Kier molecular flexibility index (Phi) is 4.55. The first-order chi connectivity index (χ1) is 13.4. The molecule has 1 unspecified atom stereocenters.